The molecule has 0 aromatic heterocycles. The lowest BCUT2D eigenvalue weighted by atomic mass is 9.98. The van der Waals surface area contributed by atoms with E-state index in [1.54, 1.807) is 6.07 Å². The summed E-state index contributed by atoms with van der Waals surface area (Å²) in [6, 6.07) is 16.0. The Morgan fingerprint density at radius 2 is 1.78 bits per heavy atom. The first-order chi connectivity index (χ1) is 8.72. The third-order valence-electron chi connectivity index (χ3n) is 2.81. The van der Waals surface area contributed by atoms with Crippen molar-refractivity contribution in [1.82, 2.24) is 5.32 Å². The number of halogens is 2. The molecule has 2 aromatic rings. The van der Waals surface area contributed by atoms with Crippen LogP contribution in [0.15, 0.2) is 48.5 Å². The predicted octanol–water partition coefficient (Wildman–Crippen LogP) is 4.69. The smallest absolute Gasteiger partial charge is 0.0591 e. The van der Waals surface area contributed by atoms with Gasteiger partial charge in [-0.15, -0.1) is 0 Å². The van der Waals surface area contributed by atoms with E-state index < -0.39 is 0 Å². The molecule has 94 valence electrons. The molecule has 0 aliphatic rings. The molecule has 18 heavy (non-hydrogen) atoms. The first-order valence-corrected chi connectivity index (χ1v) is 6.71. The summed E-state index contributed by atoms with van der Waals surface area (Å²) in [4.78, 5) is 0. The Morgan fingerprint density at radius 1 is 1.06 bits per heavy atom. The van der Waals surface area contributed by atoms with Gasteiger partial charge in [0.25, 0.3) is 0 Å². The molecule has 0 bridgehead atoms. The summed E-state index contributed by atoms with van der Waals surface area (Å²) >= 11 is 12.2. The number of benzene rings is 2. The van der Waals surface area contributed by atoms with Crippen molar-refractivity contribution in [2.24, 2.45) is 0 Å². The van der Waals surface area contributed by atoms with Crippen LogP contribution in [-0.4, -0.2) is 6.54 Å². The highest BCUT2D eigenvalue weighted by atomic mass is 35.5. The second kappa shape index (κ2) is 6.24. The van der Waals surface area contributed by atoms with Crippen LogP contribution in [0.2, 0.25) is 10.0 Å². The minimum Gasteiger partial charge on any atom is -0.306 e. The summed E-state index contributed by atoms with van der Waals surface area (Å²) in [5.74, 6) is 0. The van der Waals surface area contributed by atoms with Gasteiger partial charge in [0.2, 0.25) is 0 Å². The summed E-state index contributed by atoms with van der Waals surface area (Å²) in [5.41, 5.74) is 2.25. The minimum atomic E-state index is 0.0981. The SMILES string of the molecule is CCNC(c1ccccc1)c1ccc(Cl)cc1Cl. The Hall–Kier alpha value is -1.02. The lowest BCUT2D eigenvalue weighted by molar-refractivity contribution is 0.631. The summed E-state index contributed by atoms with van der Waals surface area (Å²) in [7, 11) is 0. The van der Waals surface area contributed by atoms with Crippen molar-refractivity contribution in [2.75, 3.05) is 6.54 Å². The summed E-state index contributed by atoms with van der Waals surface area (Å²) in [5, 5.41) is 4.80. The van der Waals surface area contributed by atoms with E-state index in [4.69, 9.17) is 23.2 Å². The van der Waals surface area contributed by atoms with Crippen LogP contribution in [0.25, 0.3) is 0 Å². The maximum Gasteiger partial charge on any atom is 0.0591 e. The van der Waals surface area contributed by atoms with Crippen molar-refractivity contribution in [3.8, 4) is 0 Å². The van der Waals surface area contributed by atoms with Gasteiger partial charge in [-0.1, -0.05) is 66.5 Å². The number of nitrogens with one attached hydrogen (secondary N) is 1. The molecular formula is C15H15Cl2N. The molecule has 0 spiro atoms. The molecule has 0 radical (unpaired) electrons. The van der Waals surface area contributed by atoms with Gasteiger partial charge in [0.15, 0.2) is 0 Å². The van der Waals surface area contributed by atoms with Gasteiger partial charge < -0.3 is 5.32 Å². The lowest BCUT2D eigenvalue weighted by Crippen LogP contribution is -2.22. The monoisotopic (exact) mass is 279 g/mol. The van der Waals surface area contributed by atoms with E-state index in [-0.39, 0.29) is 6.04 Å². The largest absolute Gasteiger partial charge is 0.306 e. The highest BCUT2D eigenvalue weighted by Crippen LogP contribution is 2.30. The van der Waals surface area contributed by atoms with E-state index in [0.717, 1.165) is 12.1 Å². The average molecular weight is 280 g/mol. The molecule has 0 saturated carbocycles. The Labute approximate surface area is 118 Å². The van der Waals surface area contributed by atoms with Crippen molar-refractivity contribution in [3.05, 3.63) is 69.7 Å². The normalized spacial score (nSPS) is 12.4. The molecular weight excluding hydrogens is 265 g/mol. The van der Waals surface area contributed by atoms with Crippen molar-refractivity contribution in [1.29, 1.82) is 0 Å². The minimum absolute atomic E-state index is 0.0981. The van der Waals surface area contributed by atoms with Gasteiger partial charge in [0.05, 0.1) is 6.04 Å². The van der Waals surface area contributed by atoms with Gasteiger partial charge in [0, 0.05) is 10.0 Å². The molecule has 1 unspecified atom stereocenters. The quantitative estimate of drug-likeness (QED) is 0.856. The molecule has 1 atom stereocenters. The number of hydrogen-bond donors (Lipinski definition) is 1. The Bertz CT molecular complexity index is 511. The van der Waals surface area contributed by atoms with E-state index in [2.05, 4.69) is 24.4 Å². The highest BCUT2D eigenvalue weighted by molar-refractivity contribution is 6.35. The van der Waals surface area contributed by atoms with E-state index in [0.29, 0.717) is 10.0 Å². The van der Waals surface area contributed by atoms with E-state index in [1.807, 2.05) is 30.3 Å². The molecule has 0 aliphatic heterocycles. The third-order valence-corrected chi connectivity index (χ3v) is 3.38. The molecule has 0 fully saturated rings. The predicted molar refractivity (Wildman–Crippen MR) is 78.4 cm³/mol. The Balaban J connectivity index is 2.41. The van der Waals surface area contributed by atoms with Gasteiger partial charge in [-0.05, 0) is 29.8 Å². The molecule has 2 aromatic carbocycles. The first-order valence-electron chi connectivity index (χ1n) is 5.95. The van der Waals surface area contributed by atoms with Crippen LogP contribution in [0.4, 0.5) is 0 Å². The van der Waals surface area contributed by atoms with Gasteiger partial charge in [-0.3, -0.25) is 0 Å². The molecule has 0 amide bonds. The van der Waals surface area contributed by atoms with Gasteiger partial charge >= 0.3 is 0 Å². The van der Waals surface area contributed by atoms with E-state index in [1.165, 1.54) is 5.56 Å². The maximum atomic E-state index is 6.29. The zero-order chi connectivity index (χ0) is 13.0. The van der Waals surface area contributed by atoms with Crippen molar-refractivity contribution in [3.63, 3.8) is 0 Å². The van der Waals surface area contributed by atoms with Crippen molar-refractivity contribution in [2.45, 2.75) is 13.0 Å². The highest BCUT2D eigenvalue weighted by Gasteiger charge is 2.15. The van der Waals surface area contributed by atoms with Gasteiger partial charge in [-0.2, -0.15) is 0 Å². The van der Waals surface area contributed by atoms with E-state index in [9.17, 15) is 0 Å². The maximum absolute atomic E-state index is 6.29. The van der Waals surface area contributed by atoms with Crippen molar-refractivity contribution < 1.29 is 0 Å². The Morgan fingerprint density at radius 3 is 2.39 bits per heavy atom. The fraction of sp³-hybridized carbons (Fsp3) is 0.200. The number of rotatable bonds is 4. The topological polar surface area (TPSA) is 12.0 Å². The standard InChI is InChI=1S/C15H15Cl2N/c1-2-18-15(11-6-4-3-5-7-11)13-9-8-12(16)10-14(13)17/h3-10,15,18H,2H2,1H3. The van der Waals surface area contributed by atoms with Gasteiger partial charge in [-0.25, -0.2) is 0 Å². The summed E-state index contributed by atoms with van der Waals surface area (Å²) in [6.45, 7) is 2.96. The number of hydrogen-bond acceptors (Lipinski definition) is 1. The van der Waals surface area contributed by atoms with Crippen LogP contribution < -0.4 is 5.32 Å². The van der Waals surface area contributed by atoms with E-state index >= 15 is 0 Å². The van der Waals surface area contributed by atoms with Crippen LogP contribution >= 0.6 is 23.2 Å². The van der Waals surface area contributed by atoms with Crippen LogP contribution in [0.3, 0.4) is 0 Å². The molecule has 3 heteroatoms. The summed E-state index contributed by atoms with van der Waals surface area (Å²) < 4.78 is 0. The molecule has 1 N–H and O–H groups in total. The lowest BCUT2D eigenvalue weighted by Gasteiger charge is -2.20. The zero-order valence-corrected chi connectivity index (χ0v) is 11.7. The van der Waals surface area contributed by atoms with Crippen LogP contribution in [0, 0.1) is 0 Å². The fourth-order valence-electron chi connectivity index (χ4n) is 1.99. The molecule has 1 nitrogen and oxygen atoms in total. The second-order valence-corrected chi connectivity index (χ2v) is 4.91. The summed E-state index contributed by atoms with van der Waals surface area (Å²) in [6.07, 6.45) is 0. The third kappa shape index (κ3) is 3.05. The molecule has 0 heterocycles. The van der Waals surface area contributed by atoms with Gasteiger partial charge in [0.1, 0.15) is 0 Å². The van der Waals surface area contributed by atoms with Crippen LogP contribution in [0.1, 0.15) is 24.1 Å². The van der Waals surface area contributed by atoms with Crippen LogP contribution in [-0.2, 0) is 0 Å². The Kier molecular flexibility index (Phi) is 4.65. The molecule has 0 saturated heterocycles. The molecule has 2 rings (SSSR count). The second-order valence-electron chi connectivity index (χ2n) is 4.07. The molecule has 0 aliphatic carbocycles. The van der Waals surface area contributed by atoms with Crippen molar-refractivity contribution >= 4 is 23.2 Å². The average Bonchev–Trinajstić information content (AvgIpc) is 2.38. The fourth-order valence-corrected chi connectivity index (χ4v) is 2.51. The van der Waals surface area contributed by atoms with Crippen LogP contribution in [0.5, 0.6) is 0 Å². The zero-order valence-electron chi connectivity index (χ0n) is 10.2. The first kappa shape index (κ1) is 13.4.